The highest BCUT2D eigenvalue weighted by Crippen LogP contribution is 2.26. The van der Waals surface area contributed by atoms with Gasteiger partial charge in [0.2, 0.25) is 5.90 Å². The summed E-state index contributed by atoms with van der Waals surface area (Å²) in [5, 5.41) is 18.3. The van der Waals surface area contributed by atoms with Gasteiger partial charge in [-0.3, -0.25) is 10.4 Å². The number of benzene rings is 2. The third-order valence-corrected chi connectivity index (χ3v) is 5.83. The summed E-state index contributed by atoms with van der Waals surface area (Å²) in [6, 6.07) is 13.7. The molecule has 0 saturated carbocycles. The molecule has 0 unspecified atom stereocenters. The lowest BCUT2D eigenvalue weighted by atomic mass is 10.1. The second-order valence-electron chi connectivity index (χ2n) is 7.74. The number of aryl methyl sites for hydroxylation is 1. The molecule has 1 heterocycles. The molecule has 172 valence electrons. The van der Waals surface area contributed by atoms with Crippen LogP contribution in [-0.2, 0) is 11.3 Å². The van der Waals surface area contributed by atoms with Crippen LogP contribution in [0.2, 0.25) is 0 Å². The Bertz CT molecular complexity index is 1150. The molecule has 33 heavy (non-hydrogen) atoms. The van der Waals surface area contributed by atoms with Crippen LogP contribution in [0.25, 0.3) is 11.3 Å². The maximum Gasteiger partial charge on any atom is 0.394 e. The van der Waals surface area contributed by atoms with E-state index in [0.717, 1.165) is 11.1 Å². The van der Waals surface area contributed by atoms with Crippen molar-refractivity contribution >= 4 is 23.6 Å². The van der Waals surface area contributed by atoms with Crippen LogP contribution >= 0.6 is 11.8 Å². The predicted molar refractivity (Wildman–Crippen MR) is 133 cm³/mol. The Morgan fingerprint density at radius 2 is 1.91 bits per heavy atom. The fraction of sp³-hybridized carbons (Fsp3) is 0.280. The predicted octanol–water partition coefficient (Wildman–Crippen LogP) is 3.23. The van der Waals surface area contributed by atoms with E-state index in [1.54, 1.807) is 38.1 Å². The van der Waals surface area contributed by atoms with Gasteiger partial charge in [-0.2, -0.15) is 0 Å². The van der Waals surface area contributed by atoms with Gasteiger partial charge in [-0.15, -0.1) is 11.8 Å². The van der Waals surface area contributed by atoms with Crippen LogP contribution in [0.1, 0.15) is 36.4 Å². The molecule has 8 heteroatoms. The zero-order valence-electron chi connectivity index (χ0n) is 19.6. The lowest BCUT2D eigenvalue weighted by molar-refractivity contribution is -0.131. The van der Waals surface area contributed by atoms with E-state index in [-0.39, 0.29) is 11.8 Å². The summed E-state index contributed by atoms with van der Waals surface area (Å²) in [6.07, 6.45) is 1.71. The van der Waals surface area contributed by atoms with Gasteiger partial charge in [0.1, 0.15) is 5.75 Å². The van der Waals surface area contributed by atoms with Gasteiger partial charge in [0.15, 0.2) is 5.69 Å². The zero-order valence-corrected chi connectivity index (χ0v) is 20.4. The van der Waals surface area contributed by atoms with Crippen LogP contribution in [0.4, 0.5) is 0 Å². The highest BCUT2D eigenvalue weighted by Gasteiger charge is 2.21. The Kier molecular flexibility index (Phi) is 8.19. The number of nitrogens with zero attached hydrogens (tertiary/aromatic N) is 2. The smallest absolute Gasteiger partial charge is 0.394 e. The van der Waals surface area contributed by atoms with Crippen molar-refractivity contribution in [1.29, 1.82) is 5.41 Å². The van der Waals surface area contributed by atoms with Gasteiger partial charge < -0.3 is 14.8 Å². The highest BCUT2D eigenvalue weighted by atomic mass is 32.2. The van der Waals surface area contributed by atoms with Crippen molar-refractivity contribution < 1.29 is 14.9 Å². The molecule has 0 saturated heterocycles. The van der Waals surface area contributed by atoms with Crippen LogP contribution in [-0.4, -0.2) is 41.2 Å². The number of hydrogen-bond donors (Lipinski definition) is 3. The minimum absolute atomic E-state index is 0.0141. The van der Waals surface area contributed by atoms with E-state index in [2.05, 4.69) is 41.3 Å². The summed E-state index contributed by atoms with van der Waals surface area (Å²) < 4.78 is 11.1. The lowest BCUT2D eigenvalue weighted by Gasteiger charge is -2.12. The van der Waals surface area contributed by atoms with E-state index in [9.17, 15) is 0 Å². The summed E-state index contributed by atoms with van der Waals surface area (Å²) in [4.78, 5) is 10.3. The van der Waals surface area contributed by atoms with Crippen molar-refractivity contribution in [3.8, 4) is 17.0 Å². The van der Waals surface area contributed by atoms with Crippen molar-refractivity contribution in [3.63, 3.8) is 0 Å². The first kappa shape index (κ1) is 24.4. The third-order valence-electron chi connectivity index (χ3n) is 4.81. The standard InChI is InChI=1S/C25H29N5O2S/c1-15(2)33-19-9-7-18(8-10-19)21-14-29-16(3)23(30-21)25(27)32-24(26)20-11-6-17(13-28-4)12-22(20)31-5/h6-12,14-15,26-28H,13H2,1-5H3/p+1. The van der Waals surface area contributed by atoms with Crippen molar-refractivity contribution in [3.05, 3.63) is 71.2 Å². The maximum atomic E-state index is 8.42. The van der Waals surface area contributed by atoms with Crippen LogP contribution in [0, 0.1) is 12.3 Å². The van der Waals surface area contributed by atoms with Gasteiger partial charge in [-0.25, -0.2) is 10.4 Å². The van der Waals surface area contributed by atoms with Crippen LogP contribution < -0.4 is 15.5 Å². The average molecular weight is 465 g/mol. The first-order chi connectivity index (χ1) is 15.8. The van der Waals surface area contributed by atoms with E-state index in [1.807, 2.05) is 31.3 Å². The fourth-order valence-corrected chi connectivity index (χ4v) is 4.09. The van der Waals surface area contributed by atoms with Gasteiger partial charge in [0.25, 0.3) is 0 Å². The van der Waals surface area contributed by atoms with Gasteiger partial charge in [0.05, 0.1) is 30.3 Å². The van der Waals surface area contributed by atoms with Gasteiger partial charge in [-0.1, -0.05) is 32.0 Å². The van der Waals surface area contributed by atoms with Crippen molar-refractivity contribution in [2.75, 3.05) is 14.2 Å². The molecule has 4 N–H and O–H groups in total. The van der Waals surface area contributed by atoms with Crippen LogP contribution in [0.3, 0.4) is 0 Å². The molecule has 0 spiro atoms. The van der Waals surface area contributed by atoms with E-state index >= 15 is 0 Å². The second kappa shape index (κ2) is 11.1. The zero-order chi connectivity index (χ0) is 24.0. The van der Waals surface area contributed by atoms with Crippen molar-refractivity contribution in [2.24, 2.45) is 0 Å². The van der Waals surface area contributed by atoms with Crippen molar-refractivity contribution in [1.82, 2.24) is 15.3 Å². The number of thioether (sulfide) groups is 1. The normalized spacial score (nSPS) is 10.8. The first-order valence-corrected chi connectivity index (χ1v) is 11.5. The summed E-state index contributed by atoms with van der Waals surface area (Å²) in [5.41, 5.74) is 4.18. The number of methoxy groups -OCH3 is 1. The number of hydrogen-bond acceptors (Lipinski definition) is 7. The molecule has 0 aliphatic rings. The molecule has 2 aromatic carbocycles. The van der Waals surface area contributed by atoms with Crippen molar-refractivity contribution in [2.45, 2.75) is 37.5 Å². The van der Waals surface area contributed by atoms with Gasteiger partial charge in [0, 0.05) is 22.3 Å². The van der Waals surface area contributed by atoms with Gasteiger partial charge in [-0.05, 0) is 43.8 Å². The number of nitrogens with one attached hydrogen (secondary N) is 2. The van der Waals surface area contributed by atoms with Gasteiger partial charge >= 0.3 is 5.90 Å². The molecular weight excluding hydrogens is 434 g/mol. The molecule has 7 nitrogen and oxygen atoms in total. The van der Waals surface area contributed by atoms with E-state index in [4.69, 9.17) is 20.3 Å². The summed E-state index contributed by atoms with van der Waals surface area (Å²) in [7, 11) is 3.43. The minimum atomic E-state index is -0.123. The topological polar surface area (TPSA) is 106 Å². The number of rotatable bonds is 8. The second-order valence-corrected chi connectivity index (χ2v) is 9.39. The number of aromatic nitrogens is 2. The highest BCUT2D eigenvalue weighted by molar-refractivity contribution is 7.99. The molecule has 0 amide bonds. The molecule has 0 atom stereocenters. The molecule has 0 bridgehead atoms. The van der Waals surface area contributed by atoms with Crippen LogP contribution in [0.5, 0.6) is 5.75 Å². The Morgan fingerprint density at radius 3 is 2.55 bits per heavy atom. The summed E-state index contributed by atoms with van der Waals surface area (Å²) >= 11 is 1.81. The largest absolute Gasteiger partial charge is 0.496 e. The lowest BCUT2D eigenvalue weighted by Crippen LogP contribution is -2.44. The quantitative estimate of drug-likeness (QED) is 0.269. The fourth-order valence-electron chi connectivity index (χ4n) is 3.25. The molecule has 1 aromatic heterocycles. The molecule has 3 rings (SSSR count). The average Bonchev–Trinajstić information content (AvgIpc) is 2.79. The molecule has 0 aliphatic carbocycles. The molecular formula is C25H30N5O2S+. The molecule has 3 aromatic rings. The number of nitrogens with two attached hydrogens (primary N) is 1. The summed E-state index contributed by atoms with van der Waals surface area (Å²) in [5.74, 6) is 0.429. The molecule has 0 aliphatic heterocycles. The Labute approximate surface area is 199 Å². The minimum Gasteiger partial charge on any atom is -0.496 e. The third kappa shape index (κ3) is 6.18. The Hall–Kier alpha value is -3.23. The summed E-state index contributed by atoms with van der Waals surface area (Å²) in [6.45, 7) is 6.83. The molecule has 0 fully saturated rings. The Morgan fingerprint density at radius 1 is 1.18 bits per heavy atom. The van der Waals surface area contributed by atoms with Crippen LogP contribution in [0.15, 0.2) is 53.6 Å². The number of ether oxygens (including phenoxy) is 2. The van der Waals surface area contributed by atoms with E-state index in [0.29, 0.717) is 40.2 Å². The first-order valence-electron chi connectivity index (χ1n) is 10.6. The SMILES string of the molecule is CNCc1ccc(C(=N)OC(=[NH2+])c2nc(-c3ccc(SC(C)C)cc3)cnc2C)c(OC)c1. The van der Waals surface area contributed by atoms with E-state index < -0.39 is 0 Å². The van der Waals surface area contributed by atoms with E-state index in [1.165, 1.54) is 4.90 Å². The Balaban J connectivity index is 1.81. The maximum absolute atomic E-state index is 8.42. The molecule has 0 radical (unpaired) electrons. The monoisotopic (exact) mass is 464 g/mol.